The van der Waals surface area contributed by atoms with Crippen molar-refractivity contribution in [2.75, 3.05) is 6.61 Å². The van der Waals surface area contributed by atoms with Crippen LogP contribution in [0.1, 0.15) is 46.3 Å². The molecule has 0 aliphatic carbocycles. The molecule has 0 saturated carbocycles. The van der Waals surface area contributed by atoms with E-state index in [0.717, 1.165) is 0 Å². The molecule has 6 nitrogen and oxygen atoms in total. The zero-order chi connectivity index (χ0) is 16.1. The van der Waals surface area contributed by atoms with Crippen LogP contribution in [-0.2, 0) is 16.6 Å². The number of hydrogen-bond donors (Lipinski definition) is 3. The van der Waals surface area contributed by atoms with Gasteiger partial charge >= 0.3 is 0 Å². The van der Waals surface area contributed by atoms with E-state index in [1.54, 1.807) is 13.0 Å². The fraction of sp³-hybridized carbons (Fsp3) is 0.714. The molecule has 0 fully saturated rings. The fourth-order valence-corrected chi connectivity index (χ4v) is 2.96. The maximum absolute atomic E-state index is 12.1. The van der Waals surface area contributed by atoms with Gasteiger partial charge in [0.2, 0.25) is 5.09 Å². The number of aliphatic hydroxyl groups excluding tert-OH is 1. The summed E-state index contributed by atoms with van der Waals surface area (Å²) in [6, 6.07) is 2.87. The number of hydrogen-bond acceptors (Lipinski definition) is 5. The van der Waals surface area contributed by atoms with E-state index in [2.05, 4.69) is 10.0 Å². The molecule has 0 aromatic carbocycles. The quantitative estimate of drug-likeness (QED) is 0.677. The summed E-state index contributed by atoms with van der Waals surface area (Å²) >= 11 is 0. The first-order valence-corrected chi connectivity index (χ1v) is 8.59. The smallest absolute Gasteiger partial charge is 0.274 e. The summed E-state index contributed by atoms with van der Waals surface area (Å²) in [4.78, 5) is 0. The molecule has 21 heavy (non-hydrogen) atoms. The third-order valence-corrected chi connectivity index (χ3v) is 4.31. The molecular weight excluding hydrogens is 292 g/mol. The average molecular weight is 318 g/mol. The van der Waals surface area contributed by atoms with Crippen LogP contribution in [0, 0.1) is 0 Å². The van der Waals surface area contributed by atoms with Crippen LogP contribution in [0.5, 0.6) is 0 Å². The van der Waals surface area contributed by atoms with Gasteiger partial charge in [0, 0.05) is 18.2 Å². The third-order valence-electron chi connectivity index (χ3n) is 2.85. The molecule has 122 valence electrons. The van der Waals surface area contributed by atoms with Gasteiger partial charge in [0.25, 0.3) is 10.0 Å². The Morgan fingerprint density at radius 3 is 2.57 bits per heavy atom. The highest BCUT2D eigenvalue weighted by atomic mass is 32.2. The van der Waals surface area contributed by atoms with Crippen molar-refractivity contribution in [1.29, 1.82) is 0 Å². The summed E-state index contributed by atoms with van der Waals surface area (Å²) in [7, 11) is -3.65. The van der Waals surface area contributed by atoms with Crippen LogP contribution in [0.3, 0.4) is 0 Å². The minimum absolute atomic E-state index is 0.0510. The normalized spacial score (nSPS) is 14.3. The van der Waals surface area contributed by atoms with E-state index in [-0.39, 0.29) is 23.3 Å². The molecule has 1 aromatic heterocycles. The molecular formula is C14H26N2O4S. The molecule has 0 aliphatic heterocycles. The summed E-state index contributed by atoms with van der Waals surface area (Å²) in [5, 5.41) is 11.9. The van der Waals surface area contributed by atoms with E-state index in [1.165, 1.54) is 6.07 Å². The lowest BCUT2D eigenvalue weighted by atomic mass is 10.1. The SMILES string of the molecule is CC(CCCO)NS(=O)(=O)c1ccc(CNC(C)(C)C)o1. The van der Waals surface area contributed by atoms with E-state index in [0.29, 0.717) is 25.1 Å². The second-order valence-electron chi connectivity index (χ2n) is 6.21. The largest absolute Gasteiger partial charge is 0.447 e. The zero-order valence-electron chi connectivity index (χ0n) is 13.1. The van der Waals surface area contributed by atoms with Crippen LogP contribution in [0.25, 0.3) is 0 Å². The van der Waals surface area contributed by atoms with Crippen molar-refractivity contribution in [1.82, 2.24) is 10.0 Å². The van der Waals surface area contributed by atoms with E-state index in [9.17, 15) is 8.42 Å². The molecule has 1 atom stereocenters. The lowest BCUT2D eigenvalue weighted by Gasteiger charge is -2.19. The molecule has 1 heterocycles. The van der Waals surface area contributed by atoms with Crippen LogP contribution in [0.15, 0.2) is 21.6 Å². The molecule has 0 saturated heterocycles. The molecule has 0 aliphatic rings. The first kappa shape index (κ1) is 18.2. The second-order valence-corrected chi connectivity index (χ2v) is 7.86. The third kappa shape index (κ3) is 6.60. The van der Waals surface area contributed by atoms with Gasteiger partial charge in [-0.15, -0.1) is 0 Å². The number of rotatable bonds is 8. The Hall–Kier alpha value is -0.890. The second kappa shape index (κ2) is 7.40. The van der Waals surface area contributed by atoms with Crippen LogP contribution in [0.2, 0.25) is 0 Å². The molecule has 7 heteroatoms. The standard InChI is InChI=1S/C14H26N2O4S/c1-11(6-5-9-17)16-21(18,19)13-8-7-12(20-13)10-15-14(2,3)4/h7-8,11,15-17H,5-6,9-10H2,1-4H3. The highest BCUT2D eigenvalue weighted by molar-refractivity contribution is 7.89. The number of nitrogens with one attached hydrogen (secondary N) is 2. The van der Waals surface area contributed by atoms with Crippen LogP contribution >= 0.6 is 0 Å². The van der Waals surface area contributed by atoms with Crippen molar-refractivity contribution in [3.05, 3.63) is 17.9 Å². The minimum Gasteiger partial charge on any atom is -0.447 e. The number of furan rings is 1. The monoisotopic (exact) mass is 318 g/mol. The first-order chi connectivity index (χ1) is 9.64. The first-order valence-electron chi connectivity index (χ1n) is 7.11. The van der Waals surface area contributed by atoms with Gasteiger partial charge in [-0.2, -0.15) is 0 Å². The van der Waals surface area contributed by atoms with Gasteiger partial charge < -0.3 is 14.8 Å². The predicted octanol–water partition coefficient (Wildman–Crippen LogP) is 1.61. The maximum atomic E-state index is 12.1. The molecule has 0 bridgehead atoms. The summed E-state index contributed by atoms with van der Waals surface area (Å²) in [5.41, 5.74) is -0.0666. The Labute approximate surface area is 127 Å². The zero-order valence-corrected chi connectivity index (χ0v) is 14.0. The van der Waals surface area contributed by atoms with Crippen molar-refractivity contribution in [2.24, 2.45) is 0 Å². The molecule has 1 aromatic rings. The number of sulfonamides is 1. The average Bonchev–Trinajstić information content (AvgIpc) is 2.82. The van der Waals surface area contributed by atoms with Crippen molar-refractivity contribution in [2.45, 2.75) is 63.8 Å². The van der Waals surface area contributed by atoms with Gasteiger partial charge in [0.05, 0.1) is 6.54 Å². The van der Waals surface area contributed by atoms with E-state index in [1.807, 2.05) is 20.8 Å². The Bertz CT molecular complexity index is 531. The van der Waals surface area contributed by atoms with Gasteiger partial charge in [-0.05, 0) is 52.7 Å². The van der Waals surface area contributed by atoms with Gasteiger partial charge in [-0.3, -0.25) is 0 Å². The molecule has 1 unspecified atom stereocenters. The van der Waals surface area contributed by atoms with Crippen LogP contribution in [-0.4, -0.2) is 31.7 Å². The number of aliphatic hydroxyl groups is 1. The van der Waals surface area contributed by atoms with Crippen LogP contribution in [0.4, 0.5) is 0 Å². The lowest BCUT2D eigenvalue weighted by molar-refractivity contribution is 0.279. The maximum Gasteiger partial charge on any atom is 0.274 e. The van der Waals surface area contributed by atoms with Gasteiger partial charge in [-0.1, -0.05) is 0 Å². The Balaban J connectivity index is 2.65. The highest BCUT2D eigenvalue weighted by Gasteiger charge is 2.21. The minimum atomic E-state index is -3.65. The Morgan fingerprint density at radius 2 is 2.00 bits per heavy atom. The molecule has 1 rings (SSSR count). The Morgan fingerprint density at radius 1 is 1.33 bits per heavy atom. The molecule has 0 radical (unpaired) electrons. The summed E-state index contributed by atoms with van der Waals surface area (Å²) < 4.78 is 32.2. The van der Waals surface area contributed by atoms with Gasteiger partial charge in [-0.25, -0.2) is 13.1 Å². The molecule has 0 spiro atoms. The van der Waals surface area contributed by atoms with Gasteiger partial charge in [0.1, 0.15) is 5.76 Å². The van der Waals surface area contributed by atoms with E-state index in [4.69, 9.17) is 9.52 Å². The van der Waals surface area contributed by atoms with Crippen molar-refractivity contribution in [3.63, 3.8) is 0 Å². The van der Waals surface area contributed by atoms with E-state index < -0.39 is 10.0 Å². The van der Waals surface area contributed by atoms with Crippen molar-refractivity contribution < 1.29 is 17.9 Å². The summed E-state index contributed by atoms with van der Waals surface area (Å²) in [6.07, 6.45) is 1.14. The predicted molar refractivity (Wildman–Crippen MR) is 81.4 cm³/mol. The van der Waals surface area contributed by atoms with Crippen molar-refractivity contribution in [3.8, 4) is 0 Å². The Kier molecular flexibility index (Phi) is 6.40. The van der Waals surface area contributed by atoms with E-state index >= 15 is 0 Å². The van der Waals surface area contributed by atoms with Crippen molar-refractivity contribution >= 4 is 10.0 Å². The lowest BCUT2D eigenvalue weighted by Crippen LogP contribution is -2.35. The molecule has 3 N–H and O–H groups in total. The summed E-state index contributed by atoms with van der Waals surface area (Å²) in [5.74, 6) is 0.577. The topological polar surface area (TPSA) is 91.6 Å². The van der Waals surface area contributed by atoms with Gasteiger partial charge in [0.15, 0.2) is 0 Å². The van der Waals surface area contributed by atoms with Crippen LogP contribution < -0.4 is 10.0 Å². The fourth-order valence-electron chi connectivity index (χ4n) is 1.73. The molecule has 0 amide bonds. The summed E-state index contributed by atoms with van der Waals surface area (Å²) in [6.45, 7) is 8.36. The highest BCUT2D eigenvalue weighted by Crippen LogP contribution is 2.15.